The molecule has 7 nitrogen and oxygen atoms in total. The Labute approximate surface area is 136 Å². The van der Waals surface area contributed by atoms with Crippen LogP contribution in [0.25, 0.3) is 11.4 Å². The largest absolute Gasteiger partial charge is 0.496 e. The highest BCUT2D eigenvalue weighted by atomic mass is 32.1. The van der Waals surface area contributed by atoms with Gasteiger partial charge in [0.15, 0.2) is 17.4 Å². The fourth-order valence-corrected chi connectivity index (χ4v) is 1.92. The number of benzene rings is 1. The number of rotatable bonds is 6. The first-order chi connectivity index (χ1) is 11.0. The van der Waals surface area contributed by atoms with Crippen molar-refractivity contribution in [2.24, 2.45) is 0 Å². The summed E-state index contributed by atoms with van der Waals surface area (Å²) in [6.45, 7) is 1.92. The summed E-state index contributed by atoms with van der Waals surface area (Å²) in [6.07, 6.45) is 0. The summed E-state index contributed by atoms with van der Waals surface area (Å²) in [7, 11) is 3.16. The number of allylic oxidation sites excluding steroid dienone is 1. The molecule has 23 heavy (non-hydrogen) atoms. The molecule has 0 spiro atoms. The second-order valence-electron chi connectivity index (χ2n) is 4.54. The van der Waals surface area contributed by atoms with Crippen molar-refractivity contribution >= 4 is 12.6 Å². The summed E-state index contributed by atoms with van der Waals surface area (Å²) in [5.41, 5.74) is 1.06. The fourth-order valence-electron chi connectivity index (χ4n) is 1.74. The third kappa shape index (κ3) is 3.86. The van der Waals surface area contributed by atoms with E-state index in [0.717, 1.165) is 11.8 Å². The molecule has 1 heterocycles. The van der Waals surface area contributed by atoms with E-state index in [9.17, 15) is 9.18 Å². The summed E-state index contributed by atoms with van der Waals surface area (Å²) in [4.78, 5) is 14.0. The van der Waals surface area contributed by atoms with E-state index in [0.29, 0.717) is 4.91 Å². The lowest BCUT2D eigenvalue weighted by Crippen LogP contribution is -2.09. The molecule has 0 unspecified atom stereocenters. The lowest BCUT2D eigenvalue weighted by Gasteiger charge is -2.12. The van der Waals surface area contributed by atoms with Crippen molar-refractivity contribution in [1.29, 1.82) is 0 Å². The first-order valence-electron chi connectivity index (χ1n) is 6.59. The molecule has 2 aromatic rings. The molecule has 1 aromatic carbocycles. The number of hydrogen-bond donors (Lipinski definition) is 3. The Morgan fingerprint density at radius 1 is 1.48 bits per heavy atom. The third-order valence-corrected chi connectivity index (χ3v) is 3.59. The zero-order valence-electron chi connectivity index (χ0n) is 12.8. The van der Waals surface area contributed by atoms with Gasteiger partial charge in [0.25, 0.3) is 0 Å². The highest BCUT2D eigenvalue weighted by molar-refractivity contribution is 7.84. The van der Waals surface area contributed by atoms with Gasteiger partial charge in [-0.05, 0) is 13.0 Å². The maximum Gasteiger partial charge on any atom is 0.439 e. The summed E-state index contributed by atoms with van der Waals surface area (Å²) < 4.78 is 29.2. The van der Waals surface area contributed by atoms with Crippen LogP contribution in [0.3, 0.4) is 0 Å². The van der Waals surface area contributed by atoms with Gasteiger partial charge in [-0.15, -0.1) is 12.6 Å². The summed E-state index contributed by atoms with van der Waals surface area (Å²) in [5, 5.41) is 6.44. The summed E-state index contributed by atoms with van der Waals surface area (Å²) >= 11 is 4.27. The minimum Gasteiger partial charge on any atom is -0.496 e. The van der Waals surface area contributed by atoms with Crippen LogP contribution in [-0.4, -0.2) is 30.9 Å². The van der Waals surface area contributed by atoms with Crippen LogP contribution in [0.1, 0.15) is 6.92 Å². The molecular formula is C14H16FN3O4S. The summed E-state index contributed by atoms with van der Waals surface area (Å²) in [6, 6.07) is 2.52. The highest BCUT2D eigenvalue weighted by Crippen LogP contribution is 2.33. The van der Waals surface area contributed by atoms with Gasteiger partial charge in [0.2, 0.25) is 0 Å². The van der Waals surface area contributed by atoms with E-state index >= 15 is 0 Å². The number of thiol groups is 1. The Morgan fingerprint density at radius 2 is 2.22 bits per heavy atom. The molecule has 2 N–H and O–H groups in total. The number of nitrogens with one attached hydrogen (secondary N) is 2. The smallest absolute Gasteiger partial charge is 0.439 e. The molecule has 1 aromatic heterocycles. The number of aromatic amines is 1. The Hall–Kier alpha value is -2.42. The number of ether oxygens (including phenoxy) is 2. The van der Waals surface area contributed by atoms with Gasteiger partial charge in [-0.2, -0.15) is 0 Å². The molecule has 9 heteroatoms. The average Bonchev–Trinajstić information content (AvgIpc) is 2.98. The van der Waals surface area contributed by atoms with Crippen molar-refractivity contribution in [2.45, 2.75) is 6.92 Å². The Balaban J connectivity index is 2.32. The molecule has 0 saturated heterocycles. The molecular weight excluding hydrogens is 325 g/mol. The Bertz CT molecular complexity index is 785. The van der Waals surface area contributed by atoms with Crippen molar-refractivity contribution in [3.63, 3.8) is 0 Å². The predicted octanol–water partition coefficient (Wildman–Crippen LogP) is 1.94. The molecule has 124 valence electrons. The topological polar surface area (TPSA) is 89.4 Å². The normalized spacial score (nSPS) is 11.9. The van der Waals surface area contributed by atoms with Crippen LogP contribution < -0.4 is 20.5 Å². The van der Waals surface area contributed by atoms with E-state index < -0.39 is 11.6 Å². The first kappa shape index (κ1) is 16.9. The van der Waals surface area contributed by atoms with Gasteiger partial charge < -0.3 is 14.8 Å². The van der Waals surface area contributed by atoms with Gasteiger partial charge in [-0.25, -0.2) is 9.18 Å². The van der Waals surface area contributed by atoms with E-state index in [1.807, 2.05) is 6.92 Å². The van der Waals surface area contributed by atoms with Crippen molar-refractivity contribution < 1.29 is 18.4 Å². The van der Waals surface area contributed by atoms with Crippen LogP contribution in [0, 0.1) is 5.82 Å². The molecule has 0 saturated carbocycles. The minimum atomic E-state index is -0.741. The second-order valence-corrected chi connectivity index (χ2v) is 5.08. The molecule has 0 fully saturated rings. The van der Waals surface area contributed by atoms with Crippen molar-refractivity contribution in [1.82, 2.24) is 15.5 Å². The van der Waals surface area contributed by atoms with Gasteiger partial charge in [0, 0.05) is 23.7 Å². The SMILES string of the molecule is CN/C(C)=C(\S)COc1cc(OC)c(-c2noc(=O)[nH]2)cc1F. The standard InChI is InChI=1S/C14H16FN3O4S/c1-7(16-2)12(23)6-21-11-5-10(20-3)8(4-9(11)15)13-17-14(19)22-18-13/h4-5,16,23H,6H2,1-3H3,(H,17,18,19)/b12-7-. The molecule has 0 aliphatic heterocycles. The number of H-pyrrole nitrogens is 1. The molecule has 0 radical (unpaired) electrons. The van der Waals surface area contributed by atoms with Gasteiger partial charge in [0.1, 0.15) is 12.4 Å². The number of methoxy groups -OCH3 is 1. The van der Waals surface area contributed by atoms with Crippen LogP contribution in [0.2, 0.25) is 0 Å². The lowest BCUT2D eigenvalue weighted by molar-refractivity contribution is 0.333. The maximum absolute atomic E-state index is 14.2. The number of aromatic nitrogens is 2. The fraction of sp³-hybridized carbons (Fsp3) is 0.286. The van der Waals surface area contributed by atoms with Gasteiger partial charge in [-0.3, -0.25) is 9.51 Å². The minimum absolute atomic E-state index is 0.00750. The van der Waals surface area contributed by atoms with Crippen molar-refractivity contribution in [3.8, 4) is 22.9 Å². The number of halogens is 1. The Morgan fingerprint density at radius 3 is 2.78 bits per heavy atom. The second kappa shape index (κ2) is 7.23. The van der Waals surface area contributed by atoms with Gasteiger partial charge in [0.05, 0.1) is 12.7 Å². The van der Waals surface area contributed by atoms with E-state index in [4.69, 9.17) is 9.47 Å². The first-order valence-corrected chi connectivity index (χ1v) is 7.04. The van der Waals surface area contributed by atoms with Crippen LogP contribution in [-0.2, 0) is 0 Å². The van der Waals surface area contributed by atoms with Crippen molar-refractivity contribution in [3.05, 3.63) is 39.1 Å². The molecule has 0 aliphatic rings. The lowest BCUT2D eigenvalue weighted by atomic mass is 10.1. The molecule has 0 atom stereocenters. The molecule has 0 aliphatic carbocycles. The van der Waals surface area contributed by atoms with Gasteiger partial charge >= 0.3 is 5.76 Å². The van der Waals surface area contributed by atoms with E-state index in [2.05, 4.69) is 32.6 Å². The number of nitrogens with zero attached hydrogens (tertiary/aromatic N) is 1. The Kier molecular flexibility index (Phi) is 5.32. The van der Waals surface area contributed by atoms with Crippen LogP contribution in [0.5, 0.6) is 11.5 Å². The molecule has 2 rings (SSSR count). The predicted molar refractivity (Wildman–Crippen MR) is 85.3 cm³/mol. The molecule has 0 amide bonds. The van der Waals surface area contributed by atoms with E-state index in [-0.39, 0.29) is 29.5 Å². The quantitative estimate of drug-likeness (QED) is 0.696. The van der Waals surface area contributed by atoms with E-state index in [1.165, 1.54) is 13.2 Å². The van der Waals surface area contributed by atoms with Gasteiger partial charge in [-0.1, -0.05) is 5.16 Å². The van der Waals surface area contributed by atoms with Crippen LogP contribution in [0.4, 0.5) is 4.39 Å². The zero-order valence-corrected chi connectivity index (χ0v) is 13.7. The van der Waals surface area contributed by atoms with Crippen LogP contribution in [0.15, 0.2) is 32.1 Å². The highest BCUT2D eigenvalue weighted by Gasteiger charge is 2.16. The maximum atomic E-state index is 14.2. The van der Waals surface area contributed by atoms with Crippen LogP contribution >= 0.6 is 12.6 Å². The summed E-state index contributed by atoms with van der Waals surface area (Å²) in [5.74, 6) is -1.03. The number of hydrogen-bond acceptors (Lipinski definition) is 7. The average molecular weight is 341 g/mol. The zero-order chi connectivity index (χ0) is 17.0. The third-order valence-electron chi connectivity index (χ3n) is 3.12. The van der Waals surface area contributed by atoms with E-state index in [1.54, 1.807) is 7.05 Å². The van der Waals surface area contributed by atoms with Crippen molar-refractivity contribution in [2.75, 3.05) is 20.8 Å². The monoisotopic (exact) mass is 341 g/mol. The molecule has 0 bridgehead atoms.